The van der Waals surface area contributed by atoms with E-state index in [1.807, 2.05) is 0 Å². The van der Waals surface area contributed by atoms with Gasteiger partial charge in [-0.2, -0.15) is 0 Å². The maximum absolute atomic E-state index is 2.46. The molecule has 0 heterocycles. The van der Waals surface area contributed by atoms with E-state index in [0.29, 0.717) is 0 Å². The first-order valence-electron chi connectivity index (χ1n) is 7.82. The molecule has 3 rings (SSSR count). The third-order valence-electron chi connectivity index (χ3n) is 4.74. The van der Waals surface area contributed by atoms with E-state index in [0.717, 1.165) is 24.7 Å². The summed E-state index contributed by atoms with van der Waals surface area (Å²) < 4.78 is 0. The summed E-state index contributed by atoms with van der Waals surface area (Å²) >= 11 is 0. The molecule has 0 amide bonds. The molecule has 0 bridgehead atoms. The normalized spacial score (nSPS) is 20.9. The average Bonchev–Trinajstić information content (AvgIpc) is 2.73. The number of hydrogen-bond acceptors (Lipinski definition) is 0. The van der Waals surface area contributed by atoms with E-state index in [9.17, 15) is 0 Å². The van der Waals surface area contributed by atoms with E-state index in [4.69, 9.17) is 0 Å². The molecule has 0 saturated carbocycles. The minimum Gasteiger partial charge on any atom is -0.0591 e. The van der Waals surface area contributed by atoms with Crippen molar-refractivity contribution in [3.8, 4) is 0 Å². The highest BCUT2D eigenvalue weighted by Crippen LogP contribution is 2.41. The Labute approximate surface area is 122 Å². The van der Waals surface area contributed by atoms with Crippen LogP contribution in [0.25, 0.3) is 0 Å². The maximum Gasteiger partial charge on any atom is -0.0182 e. The minimum atomic E-state index is 0.735. The van der Waals surface area contributed by atoms with Gasteiger partial charge in [0.25, 0.3) is 0 Å². The molecule has 20 heavy (non-hydrogen) atoms. The molecule has 0 saturated heterocycles. The van der Waals surface area contributed by atoms with Crippen LogP contribution in [-0.2, 0) is 12.8 Å². The molecule has 2 unspecified atom stereocenters. The van der Waals surface area contributed by atoms with Crippen molar-refractivity contribution in [1.82, 2.24) is 0 Å². The fraction of sp³-hybridized carbons (Fsp3) is 0.400. The summed E-state index contributed by atoms with van der Waals surface area (Å²) in [5, 5.41) is 0. The van der Waals surface area contributed by atoms with Gasteiger partial charge in [0.1, 0.15) is 0 Å². The van der Waals surface area contributed by atoms with Crippen molar-refractivity contribution in [1.29, 1.82) is 0 Å². The topological polar surface area (TPSA) is 0 Å². The van der Waals surface area contributed by atoms with Crippen LogP contribution in [0.15, 0.2) is 42.5 Å². The first kappa shape index (κ1) is 13.4. The largest absolute Gasteiger partial charge is 0.0591 e. The summed E-state index contributed by atoms with van der Waals surface area (Å²) in [6.45, 7) is 6.87. The molecule has 1 aliphatic rings. The number of aryl methyl sites for hydroxylation is 3. The van der Waals surface area contributed by atoms with Gasteiger partial charge in [0.05, 0.1) is 0 Å². The Morgan fingerprint density at radius 3 is 2.15 bits per heavy atom. The molecule has 0 N–H and O–H groups in total. The molecule has 0 aromatic heterocycles. The molecule has 2 atom stereocenters. The van der Waals surface area contributed by atoms with Gasteiger partial charge >= 0.3 is 0 Å². The van der Waals surface area contributed by atoms with Crippen LogP contribution in [0.4, 0.5) is 0 Å². The van der Waals surface area contributed by atoms with Gasteiger partial charge in [-0.05, 0) is 60.3 Å². The van der Waals surface area contributed by atoms with E-state index in [2.05, 4.69) is 63.2 Å². The van der Waals surface area contributed by atoms with Crippen molar-refractivity contribution in [2.75, 3.05) is 0 Å². The van der Waals surface area contributed by atoms with Crippen LogP contribution in [-0.4, -0.2) is 0 Å². The Morgan fingerprint density at radius 1 is 0.800 bits per heavy atom. The molecule has 0 aliphatic heterocycles. The highest BCUT2D eigenvalue weighted by Gasteiger charge is 2.24. The highest BCUT2D eigenvalue weighted by atomic mass is 14.3. The average molecular weight is 264 g/mol. The van der Waals surface area contributed by atoms with Gasteiger partial charge in [-0.15, -0.1) is 0 Å². The zero-order valence-electron chi connectivity index (χ0n) is 12.8. The lowest BCUT2D eigenvalue weighted by Crippen LogP contribution is -1.95. The Morgan fingerprint density at radius 2 is 1.40 bits per heavy atom. The highest BCUT2D eigenvalue weighted by molar-refractivity contribution is 5.41. The van der Waals surface area contributed by atoms with E-state index in [1.54, 1.807) is 11.1 Å². The number of rotatable bonds is 3. The van der Waals surface area contributed by atoms with Crippen molar-refractivity contribution >= 4 is 0 Å². The number of hydrogen-bond donors (Lipinski definition) is 0. The lowest BCUT2D eigenvalue weighted by Gasteiger charge is -2.09. The Hall–Kier alpha value is -1.56. The van der Waals surface area contributed by atoms with Crippen LogP contribution in [0.3, 0.4) is 0 Å². The zero-order chi connectivity index (χ0) is 14.1. The first-order chi connectivity index (χ1) is 9.63. The molecule has 0 fully saturated rings. The van der Waals surface area contributed by atoms with Crippen molar-refractivity contribution in [3.63, 3.8) is 0 Å². The van der Waals surface area contributed by atoms with Gasteiger partial charge in [0.15, 0.2) is 0 Å². The summed E-state index contributed by atoms with van der Waals surface area (Å²) in [5.41, 5.74) is 7.45. The second-order valence-corrected chi connectivity index (χ2v) is 6.49. The molecule has 1 aliphatic carbocycles. The Bertz CT molecular complexity index is 592. The van der Waals surface area contributed by atoms with Gasteiger partial charge in [-0.3, -0.25) is 0 Å². The second kappa shape index (κ2) is 5.44. The summed E-state index contributed by atoms with van der Waals surface area (Å²) in [4.78, 5) is 0. The fourth-order valence-electron chi connectivity index (χ4n) is 3.48. The molecule has 0 radical (unpaired) electrons. The lowest BCUT2D eigenvalue weighted by molar-refractivity contribution is 0.661. The minimum absolute atomic E-state index is 0.735. The van der Waals surface area contributed by atoms with Gasteiger partial charge < -0.3 is 0 Å². The molecule has 0 spiro atoms. The van der Waals surface area contributed by atoms with Gasteiger partial charge in [-0.1, -0.05) is 61.9 Å². The second-order valence-electron chi connectivity index (χ2n) is 6.49. The molecule has 0 nitrogen and oxygen atoms in total. The summed E-state index contributed by atoms with van der Waals surface area (Å²) in [6.07, 6.45) is 3.61. The first-order valence-corrected chi connectivity index (χ1v) is 7.82. The van der Waals surface area contributed by atoms with Crippen LogP contribution in [0, 0.1) is 6.92 Å². The molecule has 2 aromatic rings. The van der Waals surface area contributed by atoms with Crippen LogP contribution >= 0.6 is 0 Å². The molecule has 2 aromatic carbocycles. The maximum atomic E-state index is 2.46. The Kier molecular flexibility index (Phi) is 3.65. The lowest BCUT2D eigenvalue weighted by atomic mass is 9.96. The Balaban J connectivity index is 1.73. The molecular formula is C20H24. The molecular weight excluding hydrogens is 240 g/mol. The molecule has 104 valence electrons. The van der Waals surface area contributed by atoms with Crippen molar-refractivity contribution in [3.05, 3.63) is 70.3 Å². The van der Waals surface area contributed by atoms with Crippen LogP contribution < -0.4 is 0 Å². The van der Waals surface area contributed by atoms with Gasteiger partial charge in [0.2, 0.25) is 0 Å². The third kappa shape index (κ3) is 2.65. The monoisotopic (exact) mass is 264 g/mol. The SMILES string of the molecule is Cc1ccc(CCc2ccc3c(c2)C(C)CC3C)cc1. The van der Waals surface area contributed by atoms with Gasteiger partial charge in [0, 0.05) is 0 Å². The number of benzene rings is 2. The summed E-state index contributed by atoms with van der Waals surface area (Å²) in [7, 11) is 0. The van der Waals surface area contributed by atoms with E-state index >= 15 is 0 Å². The predicted molar refractivity (Wildman–Crippen MR) is 86.5 cm³/mol. The summed E-state index contributed by atoms with van der Waals surface area (Å²) in [6, 6.07) is 16.1. The zero-order valence-corrected chi connectivity index (χ0v) is 12.8. The van der Waals surface area contributed by atoms with Gasteiger partial charge in [-0.25, -0.2) is 0 Å². The molecule has 0 heteroatoms. The van der Waals surface area contributed by atoms with Crippen LogP contribution in [0.2, 0.25) is 0 Å². The number of fused-ring (bicyclic) bond motifs is 1. The van der Waals surface area contributed by atoms with E-state index < -0.39 is 0 Å². The quantitative estimate of drug-likeness (QED) is 0.697. The predicted octanol–water partition coefficient (Wildman–Crippen LogP) is 5.39. The van der Waals surface area contributed by atoms with Crippen molar-refractivity contribution in [2.45, 2.75) is 51.9 Å². The standard InChI is InChI=1S/C20H24/c1-14-4-6-17(7-5-14)8-9-18-10-11-19-15(2)12-16(3)20(19)13-18/h4-7,10-11,13,15-16H,8-9,12H2,1-3H3. The van der Waals surface area contributed by atoms with Crippen molar-refractivity contribution in [2.24, 2.45) is 0 Å². The summed E-state index contributed by atoms with van der Waals surface area (Å²) in [5.74, 6) is 1.48. The third-order valence-corrected chi connectivity index (χ3v) is 4.74. The smallest absolute Gasteiger partial charge is 0.0182 e. The van der Waals surface area contributed by atoms with E-state index in [-0.39, 0.29) is 0 Å². The van der Waals surface area contributed by atoms with Crippen LogP contribution in [0.1, 0.15) is 59.9 Å². The van der Waals surface area contributed by atoms with Crippen LogP contribution in [0.5, 0.6) is 0 Å². The van der Waals surface area contributed by atoms with E-state index in [1.165, 1.54) is 23.1 Å². The fourth-order valence-corrected chi connectivity index (χ4v) is 3.48. The van der Waals surface area contributed by atoms with Crippen molar-refractivity contribution < 1.29 is 0 Å².